The predicted octanol–water partition coefficient (Wildman–Crippen LogP) is 1.43. The number of nitrogens with zero attached hydrogens (tertiary/aromatic N) is 2. The fraction of sp³-hybridized carbons (Fsp3) is 0.700. The molecule has 0 aromatic carbocycles. The molecule has 0 radical (unpaired) electrons. The molecule has 0 saturated heterocycles. The maximum absolute atomic E-state index is 5.88. The van der Waals surface area contributed by atoms with Gasteiger partial charge in [0.2, 0.25) is 0 Å². The first-order valence-corrected chi connectivity index (χ1v) is 6.54. The van der Waals surface area contributed by atoms with Crippen molar-refractivity contribution < 1.29 is 0 Å². The Kier molecular flexibility index (Phi) is 4.81. The van der Waals surface area contributed by atoms with E-state index in [1.54, 1.807) is 0 Å². The zero-order valence-electron chi connectivity index (χ0n) is 9.49. The Morgan fingerprint density at radius 3 is 2.67 bits per heavy atom. The zero-order valence-corrected chi connectivity index (χ0v) is 10.3. The van der Waals surface area contributed by atoms with E-state index in [9.17, 15) is 0 Å². The van der Waals surface area contributed by atoms with Crippen molar-refractivity contribution in [2.24, 2.45) is 0 Å². The second kappa shape index (κ2) is 5.90. The van der Waals surface area contributed by atoms with Crippen LogP contribution in [0.3, 0.4) is 0 Å². The van der Waals surface area contributed by atoms with Crippen LogP contribution in [0.4, 0.5) is 5.82 Å². The number of hydrogen-bond acceptors (Lipinski definition) is 4. The zero-order chi connectivity index (χ0) is 11.3. The first-order valence-electron chi connectivity index (χ1n) is 5.39. The Hall–Kier alpha value is -0.840. The van der Waals surface area contributed by atoms with Gasteiger partial charge in [-0.25, -0.2) is 9.66 Å². The van der Waals surface area contributed by atoms with Gasteiger partial charge in [0.15, 0.2) is 0 Å². The largest absolute Gasteiger partial charge is 0.382 e. The lowest BCUT2D eigenvalue weighted by atomic mass is 10.3. The van der Waals surface area contributed by atoms with Crippen LogP contribution in [0.15, 0.2) is 0 Å². The molecule has 0 aliphatic rings. The van der Waals surface area contributed by atoms with Crippen LogP contribution in [-0.2, 0) is 12.8 Å². The Morgan fingerprint density at radius 2 is 2.07 bits per heavy atom. The van der Waals surface area contributed by atoms with Crippen LogP contribution in [0, 0.1) is 0 Å². The first kappa shape index (κ1) is 12.2. The van der Waals surface area contributed by atoms with Gasteiger partial charge in [-0.05, 0) is 17.9 Å². The van der Waals surface area contributed by atoms with E-state index < -0.39 is 0 Å². The van der Waals surface area contributed by atoms with E-state index in [4.69, 9.17) is 11.6 Å². The molecule has 86 valence electrons. The Morgan fingerprint density at radius 1 is 1.33 bits per heavy atom. The van der Waals surface area contributed by atoms with Crippen LogP contribution in [0.25, 0.3) is 0 Å². The van der Waals surface area contributed by atoms with Gasteiger partial charge in [-0.3, -0.25) is 0 Å². The third-order valence-corrected chi connectivity index (χ3v) is 3.16. The lowest BCUT2D eigenvalue weighted by Crippen LogP contribution is -2.15. The summed E-state index contributed by atoms with van der Waals surface area (Å²) < 4.78 is 1.52. The highest BCUT2D eigenvalue weighted by Gasteiger charge is 2.11. The summed E-state index contributed by atoms with van der Waals surface area (Å²) in [5.41, 5.74) is 6.83. The summed E-state index contributed by atoms with van der Waals surface area (Å²) in [6, 6.07) is 0. The predicted molar refractivity (Wildman–Crippen MR) is 67.5 cm³/mol. The molecule has 1 aromatic rings. The average Bonchev–Trinajstić information content (AvgIpc) is 2.48. The Balaban J connectivity index is 2.67. The number of nitrogens with two attached hydrogens (primary N) is 2. The summed E-state index contributed by atoms with van der Waals surface area (Å²) in [5.74, 6) is 9.52. The molecule has 1 rings (SSSR count). The summed E-state index contributed by atoms with van der Waals surface area (Å²) in [7, 11) is 0. The number of anilines is 1. The molecule has 0 saturated carbocycles. The monoisotopic (exact) mass is 228 g/mol. The maximum Gasteiger partial charge on any atom is 0.146 e. The van der Waals surface area contributed by atoms with Crippen molar-refractivity contribution in [2.75, 3.05) is 23.1 Å². The number of imidazole rings is 1. The normalized spacial score (nSPS) is 10.8. The fourth-order valence-electron chi connectivity index (χ4n) is 1.44. The molecular formula is C10H20N4S. The second-order valence-corrected chi connectivity index (χ2v) is 4.82. The van der Waals surface area contributed by atoms with Crippen LogP contribution >= 0.6 is 11.8 Å². The van der Waals surface area contributed by atoms with Crippen LogP contribution < -0.4 is 11.6 Å². The third kappa shape index (κ3) is 3.06. The number of rotatable bonds is 6. The standard InChI is InChI=1S/C10H20N4S/c1-3-5-9-13-8(6-7-15-4-2)10(11)14(9)12/h3-7,11-12H2,1-2H3. The molecule has 0 unspecified atom stereocenters. The molecule has 4 nitrogen and oxygen atoms in total. The minimum atomic E-state index is 0.621. The first-order chi connectivity index (χ1) is 7.20. The lowest BCUT2D eigenvalue weighted by molar-refractivity contribution is 0.792. The van der Waals surface area contributed by atoms with Crippen LogP contribution in [-0.4, -0.2) is 21.2 Å². The molecule has 0 aliphatic heterocycles. The van der Waals surface area contributed by atoms with Crippen molar-refractivity contribution in [3.8, 4) is 0 Å². The average molecular weight is 228 g/mol. The molecule has 0 aliphatic carbocycles. The summed E-state index contributed by atoms with van der Waals surface area (Å²) in [6.07, 6.45) is 2.84. The number of nitrogen functional groups attached to an aromatic ring is 2. The summed E-state index contributed by atoms with van der Waals surface area (Å²) in [4.78, 5) is 4.47. The molecule has 1 heterocycles. The van der Waals surface area contributed by atoms with Gasteiger partial charge in [0.1, 0.15) is 11.6 Å². The Bertz CT molecular complexity index is 309. The molecule has 0 fully saturated rings. The molecule has 0 amide bonds. The summed E-state index contributed by atoms with van der Waals surface area (Å²) >= 11 is 1.89. The fourth-order valence-corrected chi connectivity index (χ4v) is 2.07. The highest BCUT2D eigenvalue weighted by molar-refractivity contribution is 7.99. The Labute approximate surface area is 95.4 Å². The SMILES string of the molecule is CCCc1nc(CCSCC)c(N)n1N. The van der Waals surface area contributed by atoms with Crippen molar-refractivity contribution in [1.82, 2.24) is 9.66 Å². The molecule has 0 atom stereocenters. The molecule has 4 N–H and O–H groups in total. The van der Waals surface area contributed by atoms with Gasteiger partial charge in [-0.15, -0.1) is 0 Å². The molecule has 0 spiro atoms. The van der Waals surface area contributed by atoms with E-state index in [-0.39, 0.29) is 0 Å². The van der Waals surface area contributed by atoms with Gasteiger partial charge in [-0.2, -0.15) is 11.8 Å². The van der Waals surface area contributed by atoms with Crippen molar-refractivity contribution in [3.05, 3.63) is 11.5 Å². The van der Waals surface area contributed by atoms with Crippen molar-refractivity contribution in [2.45, 2.75) is 33.1 Å². The molecule has 0 bridgehead atoms. The van der Waals surface area contributed by atoms with E-state index >= 15 is 0 Å². The van der Waals surface area contributed by atoms with Gasteiger partial charge >= 0.3 is 0 Å². The smallest absolute Gasteiger partial charge is 0.146 e. The highest BCUT2D eigenvalue weighted by Crippen LogP contribution is 2.15. The minimum Gasteiger partial charge on any atom is -0.382 e. The number of hydrogen-bond donors (Lipinski definition) is 2. The lowest BCUT2D eigenvalue weighted by Gasteiger charge is -2.00. The number of thioether (sulfide) groups is 1. The summed E-state index contributed by atoms with van der Waals surface area (Å²) in [6.45, 7) is 4.26. The maximum atomic E-state index is 5.88. The van der Waals surface area contributed by atoms with Gasteiger partial charge in [-0.1, -0.05) is 13.8 Å². The van der Waals surface area contributed by atoms with E-state index in [0.717, 1.165) is 42.3 Å². The summed E-state index contributed by atoms with van der Waals surface area (Å²) in [5, 5.41) is 0. The van der Waals surface area contributed by atoms with Gasteiger partial charge in [0, 0.05) is 12.8 Å². The highest BCUT2D eigenvalue weighted by atomic mass is 32.2. The van der Waals surface area contributed by atoms with Crippen molar-refractivity contribution in [1.29, 1.82) is 0 Å². The van der Waals surface area contributed by atoms with Crippen molar-refractivity contribution in [3.63, 3.8) is 0 Å². The molecule has 1 aromatic heterocycles. The van der Waals surface area contributed by atoms with E-state index in [0.29, 0.717) is 5.82 Å². The van der Waals surface area contributed by atoms with Crippen molar-refractivity contribution >= 4 is 17.6 Å². The van der Waals surface area contributed by atoms with E-state index in [1.807, 2.05) is 11.8 Å². The molecule has 5 heteroatoms. The quantitative estimate of drug-likeness (QED) is 0.571. The number of aryl methyl sites for hydroxylation is 2. The van der Waals surface area contributed by atoms with Gasteiger partial charge < -0.3 is 11.6 Å². The molecule has 15 heavy (non-hydrogen) atoms. The van der Waals surface area contributed by atoms with E-state index in [2.05, 4.69) is 18.8 Å². The van der Waals surface area contributed by atoms with Gasteiger partial charge in [0.05, 0.1) is 5.69 Å². The van der Waals surface area contributed by atoms with E-state index in [1.165, 1.54) is 4.68 Å². The van der Waals surface area contributed by atoms with Crippen LogP contribution in [0.2, 0.25) is 0 Å². The minimum absolute atomic E-state index is 0.621. The van der Waals surface area contributed by atoms with Gasteiger partial charge in [0.25, 0.3) is 0 Å². The topological polar surface area (TPSA) is 69.9 Å². The number of aromatic nitrogens is 2. The van der Waals surface area contributed by atoms with Crippen LogP contribution in [0.5, 0.6) is 0 Å². The van der Waals surface area contributed by atoms with Crippen LogP contribution in [0.1, 0.15) is 31.8 Å². The second-order valence-electron chi connectivity index (χ2n) is 3.43. The third-order valence-electron chi connectivity index (χ3n) is 2.26. The molecular weight excluding hydrogens is 208 g/mol.